The fourth-order valence-electron chi connectivity index (χ4n) is 2.01. The molecular formula is C16H13ClN2S. The Kier molecular flexibility index (Phi) is 3.81. The number of halogens is 1. The Balaban J connectivity index is 1.79. The number of hydrogen-bond donors (Lipinski definition) is 1. The Hall–Kier alpha value is -1.71. The van der Waals surface area contributed by atoms with Gasteiger partial charge in [0.1, 0.15) is 0 Å². The third-order valence-electron chi connectivity index (χ3n) is 3.02. The molecule has 0 aliphatic carbocycles. The molecule has 2 N–H and O–H groups in total. The van der Waals surface area contributed by atoms with Gasteiger partial charge in [-0.05, 0) is 42.0 Å². The summed E-state index contributed by atoms with van der Waals surface area (Å²) in [6.07, 6.45) is 1.81. The molecule has 0 bridgehead atoms. The average molecular weight is 301 g/mol. The van der Waals surface area contributed by atoms with E-state index < -0.39 is 0 Å². The van der Waals surface area contributed by atoms with Crippen LogP contribution in [0.5, 0.6) is 0 Å². The van der Waals surface area contributed by atoms with E-state index in [4.69, 9.17) is 17.3 Å². The zero-order valence-corrected chi connectivity index (χ0v) is 12.3. The highest BCUT2D eigenvalue weighted by Crippen LogP contribution is 2.31. The summed E-state index contributed by atoms with van der Waals surface area (Å²) in [6.45, 7) is 0. The van der Waals surface area contributed by atoms with Gasteiger partial charge in [0.2, 0.25) is 0 Å². The van der Waals surface area contributed by atoms with E-state index in [1.165, 1.54) is 5.56 Å². The second kappa shape index (κ2) is 5.73. The molecule has 3 aromatic rings. The molecule has 0 saturated heterocycles. The number of nitrogens with zero attached hydrogens (tertiary/aromatic N) is 1. The van der Waals surface area contributed by atoms with Crippen LogP contribution >= 0.6 is 23.4 Å². The molecule has 0 aliphatic heterocycles. The Labute approximate surface area is 127 Å². The molecule has 2 aromatic carbocycles. The zero-order chi connectivity index (χ0) is 13.9. The molecule has 0 spiro atoms. The van der Waals surface area contributed by atoms with E-state index in [9.17, 15) is 0 Å². The van der Waals surface area contributed by atoms with E-state index in [0.717, 1.165) is 21.6 Å². The van der Waals surface area contributed by atoms with Crippen LogP contribution in [0.25, 0.3) is 10.9 Å². The third-order valence-corrected chi connectivity index (χ3v) is 4.59. The first-order valence-electron chi connectivity index (χ1n) is 6.24. The summed E-state index contributed by atoms with van der Waals surface area (Å²) in [5.74, 6) is 0.870. The summed E-state index contributed by atoms with van der Waals surface area (Å²) in [5, 5.41) is 1.87. The molecule has 0 saturated carbocycles. The van der Waals surface area contributed by atoms with Crippen molar-refractivity contribution in [2.24, 2.45) is 0 Å². The number of hydrogen-bond acceptors (Lipinski definition) is 3. The highest BCUT2D eigenvalue weighted by atomic mass is 35.5. The molecule has 100 valence electrons. The molecule has 0 amide bonds. The lowest BCUT2D eigenvalue weighted by Crippen LogP contribution is -1.86. The maximum absolute atomic E-state index is 6.18. The Morgan fingerprint density at radius 1 is 1.10 bits per heavy atom. The van der Waals surface area contributed by atoms with Crippen molar-refractivity contribution in [3.05, 3.63) is 65.3 Å². The van der Waals surface area contributed by atoms with Crippen LogP contribution < -0.4 is 5.73 Å². The van der Waals surface area contributed by atoms with Gasteiger partial charge >= 0.3 is 0 Å². The molecule has 0 unspecified atom stereocenters. The van der Waals surface area contributed by atoms with Gasteiger partial charge in [-0.1, -0.05) is 23.7 Å². The minimum atomic E-state index is 0.691. The number of nitrogen functional groups attached to an aromatic ring is 1. The molecule has 20 heavy (non-hydrogen) atoms. The highest BCUT2D eigenvalue weighted by Gasteiger charge is 2.03. The van der Waals surface area contributed by atoms with Crippen molar-refractivity contribution in [2.45, 2.75) is 10.6 Å². The summed E-state index contributed by atoms with van der Waals surface area (Å²) in [7, 11) is 0. The maximum Gasteiger partial charge on any atom is 0.0702 e. The van der Waals surface area contributed by atoms with Crippen molar-refractivity contribution in [3.63, 3.8) is 0 Å². The maximum atomic E-state index is 6.18. The fourth-order valence-corrected chi connectivity index (χ4v) is 3.23. The summed E-state index contributed by atoms with van der Waals surface area (Å²) >= 11 is 7.89. The first kappa shape index (κ1) is 13.3. The summed E-state index contributed by atoms with van der Waals surface area (Å²) in [4.78, 5) is 5.37. The van der Waals surface area contributed by atoms with Gasteiger partial charge in [0, 0.05) is 27.9 Å². The lowest BCUT2D eigenvalue weighted by atomic mass is 10.1. The van der Waals surface area contributed by atoms with Crippen molar-refractivity contribution in [1.29, 1.82) is 0 Å². The normalized spacial score (nSPS) is 10.8. The van der Waals surface area contributed by atoms with E-state index >= 15 is 0 Å². The van der Waals surface area contributed by atoms with Gasteiger partial charge in [0.25, 0.3) is 0 Å². The largest absolute Gasteiger partial charge is 0.399 e. The number of anilines is 1. The number of rotatable bonds is 3. The molecule has 0 atom stereocenters. The Morgan fingerprint density at radius 2 is 2.00 bits per heavy atom. The first-order chi connectivity index (χ1) is 9.72. The molecular weight excluding hydrogens is 288 g/mol. The molecule has 3 rings (SSSR count). The number of nitrogens with two attached hydrogens (primary N) is 1. The average Bonchev–Trinajstić information content (AvgIpc) is 2.46. The van der Waals surface area contributed by atoms with E-state index in [1.54, 1.807) is 17.8 Å². The molecule has 0 radical (unpaired) electrons. The number of fused-ring (bicyclic) bond motifs is 1. The molecule has 1 heterocycles. The predicted octanol–water partition coefficient (Wildman–Crippen LogP) is 4.76. The smallest absolute Gasteiger partial charge is 0.0702 e. The van der Waals surface area contributed by atoms with E-state index in [2.05, 4.69) is 29.2 Å². The number of benzene rings is 2. The standard InChI is InChI=1S/C16H13ClN2S/c17-14-9-13(18)4-6-16(14)20-10-11-3-5-15-12(8-11)2-1-7-19-15/h1-9H,10,18H2. The Morgan fingerprint density at radius 3 is 2.85 bits per heavy atom. The lowest BCUT2D eigenvalue weighted by Gasteiger charge is -2.06. The van der Waals surface area contributed by atoms with Crippen LogP contribution in [0.2, 0.25) is 5.02 Å². The topological polar surface area (TPSA) is 38.9 Å². The first-order valence-corrected chi connectivity index (χ1v) is 7.60. The summed E-state index contributed by atoms with van der Waals surface area (Å²) in [6, 6.07) is 16.0. The van der Waals surface area contributed by atoms with Crippen molar-refractivity contribution in [1.82, 2.24) is 4.98 Å². The van der Waals surface area contributed by atoms with Crippen LogP contribution in [0.15, 0.2) is 59.6 Å². The predicted molar refractivity (Wildman–Crippen MR) is 87.2 cm³/mol. The highest BCUT2D eigenvalue weighted by molar-refractivity contribution is 7.98. The van der Waals surface area contributed by atoms with E-state index in [-0.39, 0.29) is 0 Å². The van der Waals surface area contributed by atoms with Crippen molar-refractivity contribution in [3.8, 4) is 0 Å². The number of thioether (sulfide) groups is 1. The number of pyridine rings is 1. The Bertz CT molecular complexity index is 758. The molecule has 0 aliphatic rings. The summed E-state index contributed by atoms with van der Waals surface area (Å²) < 4.78 is 0. The third kappa shape index (κ3) is 2.89. The lowest BCUT2D eigenvalue weighted by molar-refractivity contribution is 1.37. The quantitative estimate of drug-likeness (QED) is 0.560. The van der Waals surface area contributed by atoms with Gasteiger partial charge in [0.15, 0.2) is 0 Å². The van der Waals surface area contributed by atoms with Gasteiger partial charge < -0.3 is 5.73 Å². The van der Waals surface area contributed by atoms with Crippen LogP contribution in [0.3, 0.4) is 0 Å². The monoisotopic (exact) mass is 300 g/mol. The molecule has 0 fully saturated rings. The fraction of sp³-hybridized carbons (Fsp3) is 0.0625. The van der Waals surface area contributed by atoms with Gasteiger partial charge in [0.05, 0.1) is 10.5 Å². The molecule has 1 aromatic heterocycles. The van der Waals surface area contributed by atoms with Crippen molar-refractivity contribution < 1.29 is 0 Å². The van der Waals surface area contributed by atoms with Crippen LogP contribution in [0.4, 0.5) is 5.69 Å². The van der Waals surface area contributed by atoms with Gasteiger partial charge in [-0.25, -0.2) is 0 Å². The molecule has 4 heteroatoms. The van der Waals surface area contributed by atoms with Crippen molar-refractivity contribution >= 4 is 40.0 Å². The van der Waals surface area contributed by atoms with E-state index in [0.29, 0.717) is 10.7 Å². The molecule has 2 nitrogen and oxygen atoms in total. The van der Waals surface area contributed by atoms with Crippen LogP contribution in [0.1, 0.15) is 5.56 Å². The number of aromatic nitrogens is 1. The van der Waals surface area contributed by atoms with Gasteiger partial charge in [-0.3, -0.25) is 4.98 Å². The minimum absolute atomic E-state index is 0.691. The van der Waals surface area contributed by atoms with Gasteiger partial charge in [-0.15, -0.1) is 11.8 Å². The van der Waals surface area contributed by atoms with Crippen LogP contribution in [-0.4, -0.2) is 4.98 Å². The second-order valence-corrected chi connectivity index (χ2v) is 5.93. The summed E-state index contributed by atoms with van der Waals surface area (Å²) in [5.41, 5.74) is 8.66. The second-order valence-electron chi connectivity index (χ2n) is 4.51. The van der Waals surface area contributed by atoms with E-state index in [1.807, 2.05) is 24.4 Å². The van der Waals surface area contributed by atoms with Gasteiger partial charge in [-0.2, -0.15) is 0 Å². The SMILES string of the molecule is Nc1ccc(SCc2ccc3ncccc3c2)c(Cl)c1. The van der Waals surface area contributed by atoms with Crippen LogP contribution in [-0.2, 0) is 5.75 Å². The zero-order valence-electron chi connectivity index (χ0n) is 10.7. The minimum Gasteiger partial charge on any atom is -0.399 e. The van der Waals surface area contributed by atoms with Crippen LogP contribution in [0, 0.1) is 0 Å². The van der Waals surface area contributed by atoms with Crippen molar-refractivity contribution in [2.75, 3.05) is 5.73 Å².